The Balaban J connectivity index is 1.83. The molecule has 1 aromatic heterocycles. The normalized spacial score (nSPS) is 19.5. The fourth-order valence-corrected chi connectivity index (χ4v) is 4.71. The fourth-order valence-electron chi connectivity index (χ4n) is 3.70. The van der Waals surface area contributed by atoms with E-state index in [2.05, 4.69) is 0 Å². The number of thiophene rings is 1. The Labute approximate surface area is 163 Å². The molecule has 0 aliphatic carbocycles. The van der Waals surface area contributed by atoms with Crippen LogP contribution in [-0.2, 0) is 4.79 Å². The van der Waals surface area contributed by atoms with Gasteiger partial charge in [0.2, 0.25) is 0 Å². The smallest absolute Gasteiger partial charge is 0.311 e. The highest BCUT2D eigenvalue weighted by Gasteiger charge is 2.48. The van der Waals surface area contributed by atoms with Gasteiger partial charge in [0.1, 0.15) is 5.75 Å². The molecule has 2 heterocycles. The summed E-state index contributed by atoms with van der Waals surface area (Å²) in [6.45, 7) is 6.59. The number of ether oxygens (including phenoxy) is 1. The second-order valence-corrected chi connectivity index (χ2v) is 8.66. The molecular formula is C21H25NO4S. The number of methoxy groups -OCH3 is 1. The van der Waals surface area contributed by atoms with Gasteiger partial charge in [0.25, 0.3) is 5.91 Å². The van der Waals surface area contributed by atoms with E-state index in [1.54, 1.807) is 12.0 Å². The van der Waals surface area contributed by atoms with E-state index >= 15 is 0 Å². The van der Waals surface area contributed by atoms with E-state index in [0.717, 1.165) is 21.8 Å². The molecular weight excluding hydrogens is 362 g/mol. The van der Waals surface area contributed by atoms with E-state index < -0.39 is 11.4 Å². The highest BCUT2D eigenvalue weighted by atomic mass is 32.1. The number of nitrogens with zero attached hydrogens (tertiary/aromatic N) is 1. The van der Waals surface area contributed by atoms with Gasteiger partial charge in [-0.1, -0.05) is 26.0 Å². The molecule has 1 aromatic carbocycles. The van der Waals surface area contributed by atoms with Gasteiger partial charge in [0.05, 0.1) is 17.4 Å². The molecule has 1 unspecified atom stereocenters. The summed E-state index contributed by atoms with van der Waals surface area (Å²) in [4.78, 5) is 28.2. The van der Waals surface area contributed by atoms with Crippen LogP contribution in [0.4, 0.5) is 0 Å². The summed E-state index contributed by atoms with van der Waals surface area (Å²) in [5, 5.41) is 9.70. The van der Waals surface area contributed by atoms with Crippen LogP contribution < -0.4 is 4.74 Å². The lowest BCUT2D eigenvalue weighted by molar-refractivity contribution is -0.150. The van der Waals surface area contributed by atoms with Crippen LogP contribution in [0.2, 0.25) is 0 Å². The number of aryl methyl sites for hydroxylation is 1. The second kappa shape index (κ2) is 7.35. The number of aliphatic carboxylic acids is 1. The summed E-state index contributed by atoms with van der Waals surface area (Å²) in [6.07, 6.45) is 0.501. The number of carboxylic acid groups (broad SMARTS) is 1. The van der Waals surface area contributed by atoms with E-state index in [0.29, 0.717) is 17.8 Å². The molecule has 1 N–H and O–H groups in total. The van der Waals surface area contributed by atoms with Crippen molar-refractivity contribution >= 4 is 23.2 Å². The number of carbonyl (C=O) groups excluding carboxylic acids is 1. The average Bonchev–Trinajstić information content (AvgIpc) is 3.26. The zero-order valence-corrected chi connectivity index (χ0v) is 16.9. The molecule has 0 saturated carbocycles. The third kappa shape index (κ3) is 3.46. The Kier molecular flexibility index (Phi) is 5.29. The molecule has 27 heavy (non-hydrogen) atoms. The summed E-state index contributed by atoms with van der Waals surface area (Å²) in [7, 11) is 1.63. The number of hydrogen-bond acceptors (Lipinski definition) is 4. The van der Waals surface area contributed by atoms with Crippen molar-refractivity contribution in [2.45, 2.75) is 27.2 Å². The predicted molar refractivity (Wildman–Crippen MR) is 106 cm³/mol. The van der Waals surface area contributed by atoms with Crippen LogP contribution in [0.5, 0.6) is 5.75 Å². The van der Waals surface area contributed by atoms with Crippen molar-refractivity contribution in [1.29, 1.82) is 0 Å². The molecule has 3 rings (SSSR count). The number of rotatable bonds is 5. The highest BCUT2D eigenvalue weighted by molar-refractivity contribution is 7.14. The Morgan fingerprint density at radius 3 is 2.44 bits per heavy atom. The Bertz CT molecular complexity index is 856. The first-order chi connectivity index (χ1) is 12.8. The third-order valence-electron chi connectivity index (χ3n) is 5.65. The molecule has 1 atom stereocenters. The van der Waals surface area contributed by atoms with Gasteiger partial charge in [-0.05, 0) is 48.6 Å². The van der Waals surface area contributed by atoms with Crippen molar-refractivity contribution in [2.75, 3.05) is 20.2 Å². The van der Waals surface area contributed by atoms with Gasteiger partial charge in [-0.15, -0.1) is 11.3 Å². The van der Waals surface area contributed by atoms with E-state index in [4.69, 9.17) is 4.74 Å². The summed E-state index contributed by atoms with van der Waals surface area (Å²) in [5.74, 6) is -0.118. The van der Waals surface area contributed by atoms with Gasteiger partial charge in [-0.3, -0.25) is 9.59 Å². The molecule has 0 bridgehead atoms. The van der Waals surface area contributed by atoms with Crippen LogP contribution >= 0.6 is 11.3 Å². The second-order valence-electron chi connectivity index (χ2n) is 7.40. The molecule has 1 aliphatic rings. The van der Waals surface area contributed by atoms with Crippen LogP contribution in [0.3, 0.4) is 0 Å². The van der Waals surface area contributed by atoms with Gasteiger partial charge in [0.15, 0.2) is 0 Å². The SMILES string of the molecule is COc1ccc(-c2cc(C(=O)N3CCC(C(=O)O)(C(C)C)C3)sc2C)cc1. The van der Waals surface area contributed by atoms with Crippen molar-refractivity contribution < 1.29 is 19.4 Å². The Morgan fingerprint density at radius 1 is 1.26 bits per heavy atom. The molecule has 5 nitrogen and oxygen atoms in total. The molecule has 1 aliphatic heterocycles. The van der Waals surface area contributed by atoms with Gasteiger partial charge < -0.3 is 14.7 Å². The van der Waals surface area contributed by atoms with Gasteiger partial charge in [-0.2, -0.15) is 0 Å². The topological polar surface area (TPSA) is 66.8 Å². The van der Waals surface area contributed by atoms with Gasteiger partial charge >= 0.3 is 5.97 Å². The van der Waals surface area contributed by atoms with Gasteiger partial charge in [0, 0.05) is 18.0 Å². The third-order valence-corrected chi connectivity index (χ3v) is 6.69. The summed E-state index contributed by atoms with van der Waals surface area (Å²) < 4.78 is 5.20. The van der Waals surface area contributed by atoms with Crippen LogP contribution in [0, 0.1) is 18.3 Å². The average molecular weight is 388 g/mol. The first kappa shape index (κ1) is 19.4. The molecule has 144 valence electrons. The van der Waals surface area contributed by atoms with Crippen molar-refractivity contribution in [3.8, 4) is 16.9 Å². The van der Waals surface area contributed by atoms with Crippen LogP contribution in [0.15, 0.2) is 30.3 Å². The standard InChI is InChI=1S/C21H25NO4S/c1-13(2)21(20(24)25)9-10-22(12-21)19(23)18-11-17(14(3)27-18)15-5-7-16(26-4)8-6-15/h5-8,11,13H,9-10,12H2,1-4H3,(H,24,25). The minimum Gasteiger partial charge on any atom is -0.497 e. The minimum atomic E-state index is -0.846. The van der Waals surface area contributed by atoms with Crippen LogP contribution in [0.25, 0.3) is 11.1 Å². The highest BCUT2D eigenvalue weighted by Crippen LogP contribution is 2.40. The summed E-state index contributed by atoms with van der Waals surface area (Å²) in [6, 6.07) is 9.68. The number of hydrogen-bond donors (Lipinski definition) is 1. The minimum absolute atomic E-state index is 0.0206. The molecule has 0 spiro atoms. The maximum Gasteiger partial charge on any atom is 0.311 e. The quantitative estimate of drug-likeness (QED) is 0.830. The zero-order chi connectivity index (χ0) is 19.8. The molecule has 6 heteroatoms. The maximum atomic E-state index is 13.0. The fraction of sp³-hybridized carbons (Fsp3) is 0.429. The van der Waals surface area contributed by atoms with Crippen LogP contribution in [-0.4, -0.2) is 42.1 Å². The monoisotopic (exact) mass is 387 g/mol. The number of carboxylic acids is 1. The molecule has 1 amide bonds. The lowest BCUT2D eigenvalue weighted by atomic mass is 9.76. The van der Waals surface area contributed by atoms with E-state index in [9.17, 15) is 14.7 Å². The molecule has 1 fully saturated rings. The summed E-state index contributed by atoms with van der Waals surface area (Å²) >= 11 is 1.46. The largest absolute Gasteiger partial charge is 0.497 e. The van der Waals surface area contributed by atoms with E-state index in [-0.39, 0.29) is 18.4 Å². The number of carbonyl (C=O) groups is 2. The molecule has 2 aromatic rings. The van der Waals surface area contributed by atoms with Crippen molar-refractivity contribution in [2.24, 2.45) is 11.3 Å². The van der Waals surface area contributed by atoms with Gasteiger partial charge in [-0.25, -0.2) is 0 Å². The number of amides is 1. The van der Waals surface area contributed by atoms with Crippen molar-refractivity contribution in [3.63, 3.8) is 0 Å². The first-order valence-electron chi connectivity index (χ1n) is 9.06. The lowest BCUT2D eigenvalue weighted by Crippen LogP contribution is -2.40. The Morgan fingerprint density at radius 2 is 1.93 bits per heavy atom. The Hall–Kier alpha value is -2.34. The molecule has 0 radical (unpaired) electrons. The maximum absolute atomic E-state index is 13.0. The van der Waals surface area contributed by atoms with Crippen molar-refractivity contribution in [3.05, 3.63) is 40.1 Å². The van der Waals surface area contributed by atoms with Crippen molar-refractivity contribution in [1.82, 2.24) is 4.90 Å². The van der Waals surface area contributed by atoms with E-state index in [1.165, 1.54) is 11.3 Å². The predicted octanol–water partition coefficient (Wildman–Crippen LogP) is 4.31. The van der Waals surface area contributed by atoms with E-state index in [1.807, 2.05) is 51.1 Å². The molecule has 1 saturated heterocycles. The summed E-state index contributed by atoms with van der Waals surface area (Å²) in [5.41, 5.74) is 1.21. The zero-order valence-electron chi connectivity index (χ0n) is 16.1. The number of benzene rings is 1. The van der Waals surface area contributed by atoms with Crippen LogP contribution in [0.1, 0.15) is 34.8 Å². The lowest BCUT2D eigenvalue weighted by Gasteiger charge is -2.28. The first-order valence-corrected chi connectivity index (χ1v) is 9.87. The number of likely N-dealkylation sites (tertiary alicyclic amines) is 1.